The Morgan fingerprint density at radius 1 is 1.14 bits per heavy atom. The second-order valence-corrected chi connectivity index (χ2v) is 11.0. The summed E-state index contributed by atoms with van der Waals surface area (Å²) < 4.78 is 51.0. The first-order valence-corrected chi connectivity index (χ1v) is 12.0. The van der Waals surface area contributed by atoms with E-state index in [1.807, 2.05) is 6.92 Å². The molecule has 1 aliphatic rings. The number of nitrogens with zero attached hydrogens (tertiary/aromatic N) is 1. The zero-order chi connectivity index (χ0) is 27.7. The third-order valence-corrected chi connectivity index (χ3v) is 5.85. The summed E-state index contributed by atoms with van der Waals surface area (Å²) in [5.41, 5.74) is -0.709. The van der Waals surface area contributed by atoms with E-state index in [9.17, 15) is 14.0 Å². The van der Waals surface area contributed by atoms with Gasteiger partial charge in [-0.1, -0.05) is 6.07 Å². The monoisotopic (exact) mass is 518 g/mol. The topological polar surface area (TPSA) is 78.9 Å². The number of nitrogens with one attached hydrogen (secondary N) is 1. The SMILES string of the molecule is C[C@H]1Cc2cc(NC(=O)OC(C)(C)C)ccc2[C@H](c2c(F)cc(/C=C/C(=O)O)cc2F)N1CC(C)(C)F. The van der Waals surface area contributed by atoms with Crippen LogP contribution in [0.25, 0.3) is 6.08 Å². The summed E-state index contributed by atoms with van der Waals surface area (Å²) in [6, 6.07) is 5.93. The molecule has 2 atom stereocenters. The number of ether oxygens (including phenoxy) is 1. The molecule has 1 heterocycles. The minimum Gasteiger partial charge on any atom is -0.478 e. The Hall–Kier alpha value is -3.33. The van der Waals surface area contributed by atoms with Crippen LogP contribution < -0.4 is 5.32 Å². The van der Waals surface area contributed by atoms with Crippen LogP contribution in [0.5, 0.6) is 0 Å². The Morgan fingerprint density at radius 3 is 2.30 bits per heavy atom. The number of carbonyl (C=O) groups excluding carboxylic acids is 1. The van der Waals surface area contributed by atoms with Crippen LogP contribution in [0.2, 0.25) is 0 Å². The van der Waals surface area contributed by atoms with Crippen LogP contribution in [0.1, 0.15) is 69.8 Å². The molecule has 1 amide bonds. The van der Waals surface area contributed by atoms with Crippen molar-refractivity contribution < 1.29 is 32.6 Å². The molecule has 200 valence electrons. The van der Waals surface area contributed by atoms with Gasteiger partial charge in [-0.15, -0.1) is 0 Å². The van der Waals surface area contributed by atoms with Crippen molar-refractivity contribution in [1.29, 1.82) is 0 Å². The van der Waals surface area contributed by atoms with E-state index in [0.29, 0.717) is 17.7 Å². The Kier molecular flexibility index (Phi) is 8.07. The zero-order valence-corrected chi connectivity index (χ0v) is 21.9. The number of hydrogen-bond acceptors (Lipinski definition) is 4. The van der Waals surface area contributed by atoms with Gasteiger partial charge in [0.2, 0.25) is 0 Å². The highest BCUT2D eigenvalue weighted by molar-refractivity contribution is 5.85. The van der Waals surface area contributed by atoms with Gasteiger partial charge in [0.15, 0.2) is 0 Å². The number of aliphatic carboxylic acids is 1. The molecule has 37 heavy (non-hydrogen) atoms. The van der Waals surface area contributed by atoms with Crippen LogP contribution in [0.4, 0.5) is 23.7 Å². The van der Waals surface area contributed by atoms with E-state index in [1.54, 1.807) is 43.9 Å². The average molecular weight is 519 g/mol. The van der Waals surface area contributed by atoms with E-state index in [0.717, 1.165) is 29.8 Å². The van der Waals surface area contributed by atoms with E-state index >= 15 is 8.78 Å². The summed E-state index contributed by atoms with van der Waals surface area (Å²) in [5.74, 6) is -2.98. The van der Waals surface area contributed by atoms with Crippen molar-refractivity contribution in [3.63, 3.8) is 0 Å². The largest absolute Gasteiger partial charge is 0.478 e. The number of carboxylic acids is 1. The summed E-state index contributed by atoms with van der Waals surface area (Å²) >= 11 is 0. The second-order valence-electron chi connectivity index (χ2n) is 11.0. The molecule has 2 N–H and O–H groups in total. The van der Waals surface area contributed by atoms with Gasteiger partial charge in [0, 0.05) is 29.9 Å². The Morgan fingerprint density at radius 2 is 1.76 bits per heavy atom. The fourth-order valence-corrected chi connectivity index (χ4v) is 4.55. The first kappa shape index (κ1) is 28.2. The molecule has 3 rings (SSSR count). The number of anilines is 1. The minimum atomic E-state index is -1.64. The van der Waals surface area contributed by atoms with Crippen LogP contribution in [-0.2, 0) is 16.0 Å². The first-order chi connectivity index (χ1) is 17.0. The molecule has 0 bridgehead atoms. The zero-order valence-electron chi connectivity index (χ0n) is 21.9. The Bertz CT molecular complexity index is 1190. The van der Waals surface area contributed by atoms with E-state index in [-0.39, 0.29) is 23.7 Å². The predicted molar refractivity (Wildman–Crippen MR) is 136 cm³/mol. The molecule has 0 unspecified atom stereocenters. The van der Waals surface area contributed by atoms with Crippen LogP contribution in [-0.4, -0.2) is 45.9 Å². The number of carboxylic acid groups (broad SMARTS) is 1. The lowest BCUT2D eigenvalue weighted by Gasteiger charge is -2.44. The second kappa shape index (κ2) is 10.6. The molecular formula is C28H33F3N2O4. The van der Waals surface area contributed by atoms with Crippen LogP contribution in [0, 0.1) is 11.6 Å². The standard InChI is InChI=1S/C28H33F3N2O4/c1-16-11-18-14-19(32-26(36)37-27(2,3)4)8-9-20(18)25(33(16)15-28(5,6)31)24-21(29)12-17(13-22(24)30)7-10-23(34)35/h7-10,12-14,16,25H,11,15H2,1-6H3,(H,32,36)(H,34,35)/b10-7+/t16-,25+/m0/s1. The van der Waals surface area contributed by atoms with Gasteiger partial charge in [0.1, 0.15) is 22.9 Å². The molecular weight excluding hydrogens is 485 g/mol. The van der Waals surface area contributed by atoms with Gasteiger partial charge in [0.25, 0.3) is 0 Å². The van der Waals surface area contributed by atoms with Crippen molar-refractivity contribution in [2.24, 2.45) is 0 Å². The van der Waals surface area contributed by atoms with Crippen molar-refractivity contribution >= 4 is 23.8 Å². The van der Waals surface area contributed by atoms with Gasteiger partial charge in [-0.3, -0.25) is 10.2 Å². The van der Waals surface area contributed by atoms with Crippen molar-refractivity contribution in [3.05, 3.63) is 70.3 Å². The molecule has 0 spiro atoms. The Balaban J connectivity index is 2.09. The summed E-state index contributed by atoms with van der Waals surface area (Å²) in [5, 5.41) is 11.5. The fraction of sp³-hybridized carbons (Fsp3) is 0.429. The van der Waals surface area contributed by atoms with E-state index in [2.05, 4.69) is 5.32 Å². The Labute approximate surface area is 215 Å². The molecule has 2 aromatic rings. The fourth-order valence-electron chi connectivity index (χ4n) is 4.55. The molecule has 0 aromatic heterocycles. The summed E-state index contributed by atoms with van der Waals surface area (Å²) in [7, 11) is 0. The maximum absolute atomic E-state index is 15.4. The number of carbonyl (C=O) groups is 2. The number of amides is 1. The number of fused-ring (bicyclic) bond motifs is 1. The highest BCUT2D eigenvalue weighted by atomic mass is 19.1. The van der Waals surface area contributed by atoms with Crippen LogP contribution >= 0.6 is 0 Å². The number of halogens is 3. The number of rotatable bonds is 6. The molecule has 0 saturated heterocycles. The summed E-state index contributed by atoms with van der Waals surface area (Å²) in [4.78, 5) is 24.8. The number of benzene rings is 2. The summed E-state index contributed by atoms with van der Waals surface area (Å²) in [6.07, 6.45) is 1.74. The molecule has 2 aromatic carbocycles. The molecule has 9 heteroatoms. The van der Waals surface area contributed by atoms with Crippen molar-refractivity contribution in [2.45, 2.75) is 71.3 Å². The maximum Gasteiger partial charge on any atom is 0.412 e. The number of hydrogen-bond donors (Lipinski definition) is 2. The minimum absolute atomic E-state index is 0.0551. The van der Waals surface area contributed by atoms with Crippen molar-refractivity contribution in [2.75, 3.05) is 11.9 Å². The molecule has 0 radical (unpaired) electrons. The van der Waals surface area contributed by atoms with Gasteiger partial charge in [-0.2, -0.15) is 0 Å². The van der Waals surface area contributed by atoms with Gasteiger partial charge in [-0.25, -0.2) is 22.8 Å². The third kappa shape index (κ3) is 7.35. The smallest absolute Gasteiger partial charge is 0.412 e. The normalized spacial score (nSPS) is 18.5. The van der Waals surface area contributed by atoms with Gasteiger partial charge in [-0.05, 0) is 95.0 Å². The molecule has 0 fully saturated rings. The van der Waals surface area contributed by atoms with Crippen molar-refractivity contribution in [1.82, 2.24) is 4.90 Å². The van der Waals surface area contributed by atoms with E-state index in [4.69, 9.17) is 9.84 Å². The van der Waals surface area contributed by atoms with E-state index in [1.165, 1.54) is 13.8 Å². The third-order valence-electron chi connectivity index (χ3n) is 5.85. The quantitative estimate of drug-likeness (QED) is 0.427. The van der Waals surface area contributed by atoms with Crippen molar-refractivity contribution in [3.8, 4) is 0 Å². The highest BCUT2D eigenvalue weighted by Crippen LogP contribution is 2.42. The van der Waals surface area contributed by atoms with Crippen LogP contribution in [0.3, 0.4) is 0 Å². The maximum atomic E-state index is 15.4. The first-order valence-electron chi connectivity index (χ1n) is 12.0. The van der Waals surface area contributed by atoms with Gasteiger partial charge >= 0.3 is 12.1 Å². The average Bonchev–Trinajstić information content (AvgIpc) is 2.71. The molecule has 0 saturated carbocycles. The predicted octanol–water partition coefficient (Wildman–Crippen LogP) is 6.49. The molecule has 1 aliphatic heterocycles. The lowest BCUT2D eigenvalue weighted by atomic mass is 9.83. The highest BCUT2D eigenvalue weighted by Gasteiger charge is 2.39. The van der Waals surface area contributed by atoms with Gasteiger partial charge < -0.3 is 9.84 Å². The number of alkyl halides is 1. The van der Waals surface area contributed by atoms with Gasteiger partial charge in [0.05, 0.1) is 6.04 Å². The summed E-state index contributed by atoms with van der Waals surface area (Å²) in [6.45, 7) is 9.85. The lowest BCUT2D eigenvalue weighted by molar-refractivity contribution is -0.131. The molecule has 6 nitrogen and oxygen atoms in total. The lowest BCUT2D eigenvalue weighted by Crippen LogP contribution is -2.48. The van der Waals surface area contributed by atoms with Crippen LogP contribution in [0.15, 0.2) is 36.4 Å². The van der Waals surface area contributed by atoms with E-state index < -0.39 is 41.0 Å². The molecule has 0 aliphatic carbocycles.